The Morgan fingerprint density at radius 3 is 2.33 bits per heavy atom. The highest BCUT2D eigenvalue weighted by Gasteiger charge is 2.36. The second-order valence-corrected chi connectivity index (χ2v) is 11.6. The molecule has 1 saturated heterocycles. The SMILES string of the molecule is Cl.NCC1CCC(C(=O)N(c2ccc(-c3nn[nH]n3)cc2)[C@@H](Cc2cccc(-c3cnc(N4CCOCC4)nc3)c2)C(N)=O)CC1. The van der Waals surface area contributed by atoms with Gasteiger partial charge >= 0.3 is 0 Å². The molecular formula is C32H39ClN10O3. The number of nitrogens with two attached hydrogens (primary N) is 2. The number of ether oxygens (including phenoxy) is 1. The first kappa shape index (κ1) is 32.9. The molecule has 13 nitrogen and oxygen atoms in total. The molecule has 1 atom stereocenters. The number of rotatable bonds is 10. The van der Waals surface area contributed by atoms with Crippen LogP contribution in [0.1, 0.15) is 31.2 Å². The molecule has 0 radical (unpaired) electrons. The number of morpholine rings is 1. The molecule has 2 aromatic carbocycles. The summed E-state index contributed by atoms with van der Waals surface area (Å²) >= 11 is 0. The third-order valence-electron chi connectivity index (χ3n) is 8.78. The summed E-state index contributed by atoms with van der Waals surface area (Å²) in [6.45, 7) is 3.44. The third-order valence-corrected chi connectivity index (χ3v) is 8.78. The number of halogens is 1. The molecule has 2 fully saturated rings. The molecule has 1 saturated carbocycles. The van der Waals surface area contributed by atoms with Crippen molar-refractivity contribution in [1.82, 2.24) is 30.6 Å². The minimum absolute atomic E-state index is 0. The standard InChI is InChI=1S/C32H38N10O3.ClH/c33-18-21-4-6-24(7-5-21)31(44)42(27-10-8-23(9-11-27)30-37-39-40-38-30)28(29(34)43)17-22-2-1-3-25(16-22)26-19-35-32(36-20-26)41-12-14-45-15-13-41;/h1-3,8-11,16,19-21,24,28H,4-7,12-15,17-18,33H2,(H2,34,43)(H,37,38,39,40);1H/t21?,24?,28-;/m0./s1. The van der Waals surface area contributed by atoms with E-state index in [1.54, 1.807) is 29.4 Å². The van der Waals surface area contributed by atoms with Gasteiger partial charge in [0, 0.05) is 54.6 Å². The van der Waals surface area contributed by atoms with E-state index in [9.17, 15) is 9.59 Å². The number of benzene rings is 2. The van der Waals surface area contributed by atoms with Gasteiger partial charge in [0.05, 0.1) is 13.2 Å². The van der Waals surface area contributed by atoms with Gasteiger partial charge in [0.15, 0.2) is 0 Å². The maximum atomic E-state index is 14.2. The average Bonchev–Trinajstić information content (AvgIpc) is 3.64. The topological polar surface area (TPSA) is 182 Å². The zero-order valence-electron chi connectivity index (χ0n) is 25.5. The normalized spacial score (nSPS) is 18.8. The van der Waals surface area contributed by atoms with E-state index in [0.717, 1.165) is 61.0 Å². The lowest BCUT2D eigenvalue weighted by molar-refractivity contribution is -0.127. The summed E-state index contributed by atoms with van der Waals surface area (Å²) in [6, 6.07) is 14.2. The molecule has 4 aromatic rings. The van der Waals surface area contributed by atoms with Gasteiger partial charge in [-0.15, -0.1) is 22.6 Å². The van der Waals surface area contributed by atoms with Gasteiger partial charge in [0.2, 0.25) is 23.6 Å². The van der Waals surface area contributed by atoms with Crippen LogP contribution in [0.2, 0.25) is 0 Å². The van der Waals surface area contributed by atoms with Gasteiger partial charge in [-0.2, -0.15) is 5.21 Å². The molecular weight excluding hydrogens is 608 g/mol. The fourth-order valence-corrected chi connectivity index (χ4v) is 6.17. The number of primary amides is 1. The second kappa shape index (κ2) is 15.2. The van der Waals surface area contributed by atoms with E-state index in [4.69, 9.17) is 16.2 Å². The Morgan fingerprint density at radius 1 is 0.978 bits per heavy atom. The van der Waals surface area contributed by atoms with Crippen molar-refractivity contribution < 1.29 is 14.3 Å². The van der Waals surface area contributed by atoms with E-state index in [1.165, 1.54) is 0 Å². The monoisotopic (exact) mass is 646 g/mol. The number of hydrogen-bond donors (Lipinski definition) is 3. The van der Waals surface area contributed by atoms with Crippen molar-refractivity contribution >= 4 is 35.9 Å². The lowest BCUT2D eigenvalue weighted by Gasteiger charge is -2.35. The van der Waals surface area contributed by atoms with E-state index in [-0.39, 0.29) is 30.7 Å². The molecule has 0 unspecified atom stereocenters. The van der Waals surface area contributed by atoms with Gasteiger partial charge in [-0.05, 0) is 78.8 Å². The summed E-state index contributed by atoms with van der Waals surface area (Å²) in [5.41, 5.74) is 15.9. The third kappa shape index (κ3) is 7.49. The molecule has 2 amide bonds. The minimum atomic E-state index is -0.907. The molecule has 14 heteroatoms. The molecule has 1 aliphatic carbocycles. The number of tetrazole rings is 1. The molecule has 6 rings (SSSR count). The second-order valence-electron chi connectivity index (χ2n) is 11.6. The van der Waals surface area contributed by atoms with Crippen molar-refractivity contribution in [2.45, 2.75) is 38.1 Å². The molecule has 46 heavy (non-hydrogen) atoms. The number of aromatic nitrogens is 6. The van der Waals surface area contributed by atoms with Crippen LogP contribution in [0.4, 0.5) is 11.6 Å². The molecule has 0 bridgehead atoms. The van der Waals surface area contributed by atoms with Crippen molar-refractivity contribution in [2.24, 2.45) is 23.3 Å². The van der Waals surface area contributed by atoms with Crippen LogP contribution in [0.3, 0.4) is 0 Å². The summed E-state index contributed by atoms with van der Waals surface area (Å²) in [5, 5.41) is 14.2. The first-order valence-corrected chi connectivity index (χ1v) is 15.4. The molecule has 0 spiro atoms. The summed E-state index contributed by atoms with van der Waals surface area (Å²) in [5.74, 6) is 0.616. The van der Waals surface area contributed by atoms with E-state index in [2.05, 4.69) is 35.5 Å². The quantitative estimate of drug-likeness (QED) is 0.232. The lowest BCUT2D eigenvalue weighted by atomic mass is 9.81. The van der Waals surface area contributed by atoms with Crippen molar-refractivity contribution in [2.75, 3.05) is 42.6 Å². The van der Waals surface area contributed by atoms with Gasteiger partial charge in [-0.3, -0.25) is 14.5 Å². The van der Waals surface area contributed by atoms with Gasteiger partial charge in [0.1, 0.15) is 6.04 Å². The first-order chi connectivity index (χ1) is 22.0. The van der Waals surface area contributed by atoms with Gasteiger partial charge in [-0.25, -0.2) is 9.97 Å². The van der Waals surface area contributed by atoms with Gasteiger partial charge in [0.25, 0.3) is 0 Å². The number of nitrogens with zero attached hydrogens (tertiary/aromatic N) is 7. The van der Waals surface area contributed by atoms with E-state index < -0.39 is 11.9 Å². The fraction of sp³-hybridized carbons (Fsp3) is 0.406. The summed E-state index contributed by atoms with van der Waals surface area (Å²) in [4.78, 5) is 40.2. The van der Waals surface area contributed by atoms with Crippen molar-refractivity contribution in [1.29, 1.82) is 0 Å². The number of amides is 2. The largest absolute Gasteiger partial charge is 0.378 e. The van der Waals surface area contributed by atoms with Crippen molar-refractivity contribution in [3.63, 3.8) is 0 Å². The number of anilines is 2. The van der Waals surface area contributed by atoms with Gasteiger partial charge in [-0.1, -0.05) is 24.3 Å². The van der Waals surface area contributed by atoms with E-state index in [0.29, 0.717) is 43.1 Å². The average molecular weight is 647 g/mol. The summed E-state index contributed by atoms with van der Waals surface area (Å²) in [6.07, 6.45) is 7.06. The number of hydrogen-bond acceptors (Lipinski definition) is 10. The van der Waals surface area contributed by atoms with Crippen LogP contribution in [0.5, 0.6) is 0 Å². The van der Waals surface area contributed by atoms with Crippen LogP contribution in [0.25, 0.3) is 22.5 Å². The Hall–Kier alpha value is -4.46. The number of carbonyl (C=O) groups excluding carboxylic acids is 2. The van der Waals surface area contributed by atoms with Gasteiger partial charge < -0.3 is 21.1 Å². The van der Waals surface area contributed by atoms with Crippen LogP contribution in [0, 0.1) is 11.8 Å². The molecule has 3 heterocycles. The van der Waals surface area contributed by atoms with Crippen molar-refractivity contribution in [3.05, 3.63) is 66.5 Å². The lowest BCUT2D eigenvalue weighted by Crippen LogP contribution is -2.52. The molecule has 2 aliphatic rings. The Labute approximate surface area is 273 Å². The fourth-order valence-electron chi connectivity index (χ4n) is 6.17. The number of nitrogens with one attached hydrogen (secondary N) is 1. The van der Waals surface area contributed by atoms with Crippen LogP contribution >= 0.6 is 12.4 Å². The number of aromatic amines is 1. The molecule has 5 N–H and O–H groups in total. The van der Waals surface area contributed by atoms with Crippen molar-refractivity contribution in [3.8, 4) is 22.5 Å². The van der Waals surface area contributed by atoms with Crippen LogP contribution in [-0.4, -0.2) is 81.3 Å². The minimum Gasteiger partial charge on any atom is -0.378 e. The highest BCUT2D eigenvalue weighted by molar-refractivity contribution is 6.01. The Morgan fingerprint density at radius 2 is 1.70 bits per heavy atom. The zero-order valence-corrected chi connectivity index (χ0v) is 26.3. The zero-order chi connectivity index (χ0) is 31.2. The Kier molecular flexibility index (Phi) is 10.9. The predicted octanol–water partition coefficient (Wildman–Crippen LogP) is 2.78. The molecule has 1 aliphatic heterocycles. The first-order valence-electron chi connectivity index (χ1n) is 15.4. The smallest absolute Gasteiger partial charge is 0.240 e. The van der Waals surface area contributed by atoms with Crippen LogP contribution in [-0.2, 0) is 20.7 Å². The molecule has 2 aromatic heterocycles. The predicted molar refractivity (Wildman–Crippen MR) is 176 cm³/mol. The Balaban J connectivity index is 0.00000417. The maximum absolute atomic E-state index is 14.2. The number of H-pyrrole nitrogens is 1. The maximum Gasteiger partial charge on any atom is 0.240 e. The summed E-state index contributed by atoms with van der Waals surface area (Å²) < 4.78 is 5.43. The van der Waals surface area contributed by atoms with E-state index in [1.807, 2.05) is 36.4 Å². The molecule has 242 valence electrons. The Bertz CT molecular complexity index is 1570. The highest BCUT2D eigenvalue weighted by atomic mass is 35.5. The highest BCUT2D eigenvalue weighted by Crippen LogP contribution is 2.33. The summed E-state index contributed by atoms with van der Waals surface area (Å²) in [7, 11) is 0. The van der Waals surface area contributed by atoms with Crippen LogP contribution in [0.15, 0.2) is 60.9 Å². The van der Waals surface area contributed by atoms with Crippen LogP contribution < -0.4 is 21.3 Å². The van der Waals surface area contributed by atoms with E-state index >= 15 is 0 Å². The number of carbonyl (C=O) groups is 2.